The molecule has 17 heavy (non-hydrogen) atoms. The Kier molecular flexibility index (Phi) is 4.02. The summed E-state index contributed by atoms with van der Waals surface area (Å²) < 4.78 is 18.4. The van der Waals surface area contributed by atoms with E-state index in [1.54, 1.807) is 12.1 Å². The lowest BCUT2D eigenvalue weighted by Crippen LogP contribution is -2.23. The Labute approximate surface area is 105 Å². The minimum absolute atomic E-state index is 0.103. The van der Waals surface area contributed by atoms with Gasteiger partial charge in [0.1, 0.15) is 5.82 Å². The van der Waals surface area contributed by atoms with Crippen molar-refractivity contribution in [2.24, 2.45) is 5.92 Å². The first-order valence-electron chi connectivity index (χ1n) is 5.80. The van der Waals surface area contributed by atoms with Crippen LogP contribution in [0.5, 0.6) is 0 Å². The Morgan fingerprint density at radius 2 is 2.35 bits per heavy atom. The fourth-order valence-electron chi connectivity index (χ4n) is 2.19. The molecule has 0 aliphatic carbocycles. The molecule has 0 spiro atoms. The Balaban J connectivity index is 1.98. The molecule has 1 heterocycles. The summed E-state index contributed by atoms with van der Waals surface area (Å²) in [6.45, 7) is 2.60. The van der Waals surface area contributed by atoms with Crippen molar-refractivity contribution >= 4 is 11.6 Å². The van der Waals surface area contributed by atoms with Crippen LogP contribution in [0.2, 0.25) is 5.02 Å². The Morgan fingerprint density at radius 3 is 2.94 bits per heavy atom. The molecule has 3 unspecified atom stereocenters. The molecule has 0 aromatic heterocycles. The summed E-state index contributed by atoms with van der Waals surface area (Å²) in [5.74, 6) is -0.267. The van der Waals surface area contributed by atoms with E-state index in [9.17, 15) is 9.50 Å². The van der Waals surface area contributed by atoms with Crippen molar-refractivity contribution < 1.29 is 14.2 Å². The highest BCUT2D eigenvalue weighted by atomic mass is 35.5. The van der Waals surface area contributed by atoms with Gasteiger partial charge in [-0.05, 0) is 37.5 Å². The number of benzene rings is 1. The van der Waals surface area contributed by atoms with Crippen molar-refractivity contribution in [2.45, 2.75) is 32.0 Å². The fourth-order valence-corrected chi connectivity index (χ4v) is 2.40. The van der Waals surface area contributed by atoms with Crippen molar-refractivity contribution in [3.05, 3.63) is 34.6 Å². The number of hydrogen-bond acceptors (Lipinski definition) is 2. The number of rotatable bonds is 3. The number of aliphatic hydroxyl groups excluding tert-OH is 1. The normalized spacial score (nSPS) is 26.1. The zero-order valence-electron chi connectivity index (χ0n) is 9.70. The van der Waals surface area contributed by atoms with Gasteiger partial charge >= 0.3 is 0 Å². The van der Waals surface area contributed by atoms with E-state index in [2.05, 4.69) is 0 Å². The van der Waals surface area contributed by atoms with E-state index >= 15 is 0 Å². The smallest absolute Gasteiger partial charge is 0.141 e. The van der Waals surface area contributed by atoms with E-state index in [0.29, 0.717) is 13.0 Å². The lowest BCUT2D eigenvalue weighted by atomic mass is 9.94. The van der Waals surface area contributed by atoms with Gasteiger partial charge in [0, 0.05) is 5.92 Å². The standard InChI is InChI=1S/C13H16ClFO2/c1-8-4-10(7-17-8)13(16)6-9-2-3-12(15)11(14)5-9/h2-3,5,8,10,13,16H,4,6-7H2,1H3. The molecule has 2 rings (SSSR count). The first-order chi connectivity index (χ1) is 8.06. The highest BCUT2D eigenvalue weighted by molar-refractivity contribution is 6.30. The third-order valence-corrected chi connectivity index (χ3v) is 3.49. The van der Waals surface area contributed by atoms with Crippen LogP contribution < -0.4 is 0 Å². The van der Waals surface area contributed by atoms with E-state index in [-0.39, 0.29) is 17.0 Å². The molecule has 3 atom stereocenters. The monoisotopic (exact) mass is 258 g/mol. The van der Waals surface area contributed by atoms with Gasteiger partial charge in [-0.3, -0.25) is 0 Å². The maximum Gasteiger partial charge on any atom is 0.141 e. The summed E-state index contributed by atoms with van der Waals surface area (Å²) in [5.41, 5.74) is 0.850. The molecular formula is C13H16ClFO2. The average Bonchev–Trinajstić information content (AvgIpc) is 2.70. The third-order valence-electron chi connectivity index (χ3n) is 3.20. The van der Waals surface area contributed by atoms with Crippen molar-refractivity contribution in [1.82, 2.24) is 0 Å². The molecule has 0 amide bonds. The molecule has 1 aromatic carbocycles. The van der Waals surface area contributed by atoms with Gasteiger partial charge in [0.25, 0.3) is 0 Å². The molecular weight excluding hydrogens is 243 g/mol. The van der Waals surface area contributed by atoms with Crippen LogP contribution in [0.1, 0.15) is 18.9 Å². The molecule has 1 aliphatic rings. The van der Waals surface area contributed by atoms with Gasteiger partial charge in [-0.15, -0.1) is 0 Å². The molecule has 2 nitrogen and oxygen atoms in total. The van der Waals surface area contributed by atoms with Gasteiger partial charge in [0.2, 0.25) is 0 Å². The van der Waals surface area contributed by atoms with Crippen LogP contribution in [0.15, 0.2) is 18.2 Å². The van der Waals surface area contributed by atoms with Gasteiger partial charge in [0.15, 0.2) is 0 Å². The molecule has 0 bridgehead atoms. The summed E-state index contributed by atoms with van der Waals surface area (Å²) in [4.78, 5) is 0. The molecule has 4 heteroatoms. The van der Waals surface area contributed by atoms with Crippen LogP contribution in [-0.2, 0) is 11.2 Å². The third kappa shape index (κ3) is 3.18. The number of ether oxygens (including phenoxy) is 1. The van der Waals surface area contributed by atoms with Crippen LogP contribution in [0, 0.1) is 11.7 Å². The average molecular weight is 259 g/mol. The second-order valence-electron chi connectivity index (χ2n) is 4.66. The summed E-state index contributed by atoms with van der Waals surface area (Å²) in [5, 5.41) is 10.2. The van der Waals surface area contributed by atoms with Gasteiger partial charge in [-0.2, -0.15) is 0 Å². The molecule has 0 saturated carbocycles. The predicted octanol–water partition coefficient (Wildman–Crippen LogP) is 2.81. The Hall–Kier alpha value is -0.640. The highest BCUT2D eigenvalue weighted by Crippen LogP contribution is 2.25. The molecule has 0 radical (unpaired) electrons. The molecule has 1 saturated heterocycles. The summed E-state index contributed by atoms with van der Waals surface area (Å²) >= 11 is 5.70. The quantitative estimate of drug-likeness (QED) is 0.903. The molecule has 1 fully saturated rings. The minimum Gasteiger partial charge on any atom is -0.392 e. The van der Waals surface area contributed by atoms with Crippen LogP contribution in [0.25, 0.3) is 0 Å². The Morgan fingerprint density at radius 1 is 1.59 bits per heavy atom. The number of halogens is 2. The maximum absolute atomic E-state index is 13.0. The SMILES string of the molecule is CC1CC(C(O)Cc2ccc(F)c(Cl)c2)CO1. The summed E-state index contributed by atoms with van der Waals surface area (Å²) in [7, 11) is 0. The lowest BCUT2D eigenvalue weighted by molar-refractivity contribution is 0.0807. The van der Waals surface area contributed by atoms with Gasteiger partial charge in [-0.1, -0.05) is 17.7 Å². The van der Waals surface area contributed by atoms with Crippen molar-refractivity contribution in [3.63, 3.8) is 0 Å². The minimum atomic E-state index is -0.457. The van der Waals surface area contributed by atoms with Crippen LogP contribution in [-0.4, -0.2) is 23.9 Å². The van der Waals surface area contributed by atoms with Crippen molar-refractivity contribution in [3.8, 4) is 0 Å². The first-order valence-corrected chi connectivity index (χ1v) is 6.17. The van der Waals surface area contributed by atoms with E-state index in [4.69, 9.17) is 16.3 Å². The van der Waals surface area contributed by atoms with Crippen LogP contribution >= 0.6 is 11.6 Å². The van der Waals surface area contributed by atoms with Gasteiger partial charge in [-0.25, -0.2) is 4.39 Å². The first kappa shape index (κ1) is 12.8. The van der Waals surface area contributed by atoms with E-state index in [0.717, 1.165) is 12.0 Å². The molecule has 1 aliphatic heterocycles. The fraction of sp³-hybridized carbons (Fsp3) is 0.538. The number of hydrogen-bond donors (Lipinski definition) is 1. The summed E-state index contributed by atoms with van der Waals surface area (Å²) in [6.07, 6.45) is 1.12. The zero-order valence-corrected chi connectivity index (χ0v) is 10.5. The lowest BCUT2D eigenvalue weighted by Gasteiger charge is -2.16. The van der Waals surface area contributed by atoms with Crippen molar-refractivity contribution in [2.75, 3.05) is 6.61 Å². The molecule has 1 N–H and O–H groups in total. The van der Waals surface area contributed by atoms with E-state index in [1.807, 2.05) is 6.92 Å². The second kappa shape index (κ2) is 5.34. The largest absolute Gasteiger partial charge is 0.392 e. The summed E-state index contributed by atoms with van der Waals surface area (Å²) in [6, 6.07) is 4.56. The maximum atomic E-state index is 13.0. The Bertz CT molecular complexity index is 397. The van der Waals surface area contributed by atoms with Crippen LogP contribution in [0.4, 0.5) is 4.39 Å². The topological polar surface area (TPSA) is 29.5 Å². The zero-order chi connectivity index (χ0) is 12.4. The van der Waals surface area contributed by atoms with Gasteiger partial charge in [0.05, 0.1) is 23.8 Å². The van der Waals surface area contributed by atoms with E-state index in [1.165, 1.54) is 6.07 Å². The highest BCUT2D eigenvalue weighted by Gasteiger charge is 2.28. The second-order valence-corrected chi connectivity index (χ2v) is 5.07. The predicted molar refractivity (Wildman–Crippen MR) is 64.6 cm³/mol. The van der Waals surface area contributed by atoms with Crippen LogP contribution in [0.3, 0.4) is 0 Å². The molecule has 94 valence electrons. The number of aliphatic hydroxyl groups is 1. The van der Waals surface area contributed by atoms with Gasteiger partial charge < -0.3 is 9.84 Å². The molecule has 1 aromatic rings. The van der Waals surface area contributed by atoms with E-state index < -0.39 is 11.9 Å². The van der Waals surface area contributed by atoms with Crippen molar-refractivity contribution in [1.29, 1.82) is 0 Å².